The Morgan fingerprint density at radius 2 is 1.78 bits per heavy atom. The topological polar surface area (TPSA) is 80.9 Å². The van der Waals surface area contributed by atoms with Crippen LogP contribution in [0.15, 0.2) is 0 Å². The summed E-state index contributed by atoms with van der Waals surface area (Å²) < 4.78 is 0. The van der Waals surface area contributed by atoms with E-state index < -0.39 is 12.1 Å². The smallest absolute Gasteiger partial charge is 0.302 e. The summed E-state index contributed by atoms with van der Waals surface area (Å²) in [6.45, 7) is 1.76. The molecule has 0 saturated carbocycles. The van der Waals surface area contributed by atoms with Crippen LogP contribution in [0.5, 0.6) is 0 Å². The Hall–Kier alpha value is -0.160. The van der Waals surface area contributed by atoms with Gasteiger partial charge in [-0.2, -0.15) is 0 Å². The van der Waals surface area contributed by atoms with Gasteiger partial charge in [0.25, 0.3) is 0 Å². The van der Waals surface area contributed by atoms with E-state index in [0.29, 0.717) is 6.42 Å². The molecule has 0 bridgehead atoms. The molecule has 9 heavy (non-hydrogen) atoms. The van der Waals surface area contributed by atoms with Crippen LogP contribution in [0.3, 0.4) is 0 Å². The van der Waals surface area contributed by atoms with E-state index in [0.717, 1.165) is 0 Å². The predicted molar refractivity (Wildman–Crippen MR) is 30.3 cm³/mol. The van der Waals surface area contributed by atoms with Gasteiger partial charge in [-0.15, -0.1) is 0 Å². The van der Waals surface area contributed by atoms with Crippen LogP contribution >= 0.6 is 0 Å². The van der Waals surface area contributed by atoms with Crippen LogP contribution < -0.4 is 0 Å². The van der Waals surface area contributed by atoms with Gasteiger partial charge in [-0.3, -0.25) is 0 Å². The summed E-state index contributed by atoms with van der Waals surface area (Å²) in [4.78, 5) is 0. The molecule has 4 N–H and O–H groups in total. The quantitative estimate of drug-likeness (QED) is 0.366. The van der Waals surface area contributed by atoms with E-state index in [2.05, 4.69) is 0 Å². The van der Waals surface area contributed by atoms with Crippen molar-refractivity contribution in [2.75, 3.05) is 0 Å². The monoisotopic (exact) mass is 136 g/mol. The van der Waals surface area contributed by atoms with E-state index in [4.69, 9.17) is 20.4 Å². The molecule has 0 fully saturated rings. The molecular formula is C5H12O4. The Labute approximate surface area is 53.4 Å². The lowest BCUT2D eigenvalue weighted by atomic mass is 10.2. The lowest BCUT2D eigenvalue weighted by molar-refractivity contribution is -0.355. The van der Waals surface area contributed by atoms with Gasteiger partial charge in [-0.1, -0.05) is 13.3 Å². The maximum Gasteiger partial charge on any atom is 0.302 e. The third kappa shape index (κ3) is 3.42. The molecule has 0 radical (unpaired) electrons. The minimum Gasteiger partial charge on any atom is -0.385 e. The second-order valence-electron chi connectivity index (χ2n) is 1.99. The first-order chi connectivity index (χ1) is 3.98. The summed E-state index contributed by atoms with van der Waals surface area (Å²) in [7, 11) is 0. The van der Waals surface area contributed by atoms with Gasteiger partial charge in [0.2, 0.25) is 0 Å². The summed E-state index contributed by atoms with van der Waals surface area (Å²) >= 11 is 0. The molecule has 0 aromatic rings. The molecule has 0 aliphatic carbocycles. The summed E-state index contributed by atoms with van der Waals surface area (Å²) in [5.41, 5.74) is 0. The number of rotatable bonds is 3. The molecule has 0 amide bonds. The van der Waals surface area contributed by atoms with E-state index in [1.165, 1.54) is 0 Å². The van der Waals surface area contributed by atoms with Gasteiger partial charge in [0, 0.05) is 0 Å². The van der Waals surface area contributed by atoms with E-state index in [1.54, 1.807) is 6.92 Å². The van der Waals surface area contributed by atoms with E-state index in [-0.39, 0.29) is 6.42 Å². The van der Waals surface area contributed by atoms with Gasteiger partial charge >= 0.3 is 5.97 Å². The molecule has 0 aromatic carbocycles. The molecule has 0 saturated heterocycles. The fourth-order valence-electron chi connectivity index (χ4n) is 0.467. The molecule has 0 aromatic heterocycles. The zero-order valence-corrected chi connectivity index (χ0v) is 5.28. The maximum absolute atomic E-state index is 8.64. The van der Waals surface area contributed by atoms with Crippen LogP contribution in [0.25, 0.3) is 0 Å². The van der Waals surface area contributed by atoms with Crippen LogP contribution in [0.4, 0.5) is 0 Å². The van der Waals surface area contributed by atoms with Gasteiger partial charge in [-0.25, -0.2) is 0 Å². The zero-order valence-electron chi connectivity index (χ0n) is 5.28. The maximum atomic E-state index is 8.64. The first-order valence-corrected chi connectivity index (χ1v) is 2.83. The molecular weight excluding hydrogens is 124 g/mol. The van der Waals surface area contributed by atoms with Crippen molar-refractivity contribution < 1.29 is 20.4 Å². The number of hydrogen-bond acceptors (Lipinski definition) is 4. The highest BCUT2D eigenvalue weighted by Gasteiger charge is 2.28. The fourth-order valence-corrected chi connectivity index (χ4v) is 0.467. The van der Waals surface area contributed by atoms with E-state index in [1.807, 2.05) is 0 Å². The second-order valence-corrected chi connectivity index (χ2v) is 1.99. The van der Waals surface area contributed by atoms with E-state index in [9.17, 15) is 0 Å². The van der Waals surface area contributed by atoms with Gasteiger partial charge in [-0.05, 0) is 6.42 Å². The van der Waals surface area contributed by atoms with E-state index >= 15 is 0 Å². The van der Waals surface area contributed by atoms with Gasteiger partial charge < -0.3 is 20.4 Å². The Morgan fingerprint density at radius 1 is 1.33 bits per heavy atom. The van der Waals surface area contributed by atoms with Crippen molar-refractivity contribution in [3.8, 4) is 0 Å². The highest BCUT2D eigenvalue weighted by Crippen LogP contribution is 2.07. The molecule has 4 heteroatoms. The highest BCUT2D eigenvalue weighted by atomic mass is 16.7. The first kappa shape index (κ1) is 8.84. The largest absolute Gasteiger partial charge is 0.385 e. The normalized spacial score (nSPS) is 15.7. The Balaban J connectivity index is 3.59. The Bertz CT molecular complexity index is 75.5. The molecule has 4 nitrogen and oxygen atoms in total. The fraction of sp³-hybridized carbons (Fsp3) is 1.00. The molecule has 0 heterocycles. The Kier molecular flexibility index (Phi) is 3.07. The van der Waals surface area contributed by atoms with Crippen molar-refractivity contribution in [1.29, 1.82) is 0 Å². The SMILES string of the molecule is CCCC(O)C(O)(O)O. The van der Waals surface area contributed by atoms with Crippen molar-refractivity contribution in [1.82, 2.24) is 0 Å². The second kappa shape index (κ2) is 3.12. The van der Waals surface area contributed by atoms with Gasteiger partial charge in [0.1, 0.15) is 6.10 Å². The molecule has 0 aliphatic rings. The van der Waals surface area contributed by atoms with Crippen LogP contribution in [0.1, 0.15) is 19.8 Å². The average molecular weight is 136 g/mol. The number of aliphatic hydroxyl groups excluding tert-OH is 1. The highest BCUT2D eigenvalue weighted by molar-refractivity contribution is 4.60. The van der Waals surface area contributed by atoms with Crippen molar-refractivity contribution in [3.63, 3.8) is 0 Å². The standard InChI is InChI=1S/C5H12O4/c1-2-3-4(6)5(7,8)9/h4,6-9H,2-3H2,1H3. The predicted octanol–water partition coefficient (Wildman–Crippen LogP) is -1.22. The summed E-state index contributed by atoms with van der Waals surface area (Å²) in [6.07, 6.45) is -0.712. The summed E-state index contributed by atoms with van der Waals surface area (Å²) in [5.74, 6) is -2.93. The van der Waals surface area contributed by atoms with Gasteiger partial charge in [0.15, 0.2) is 0 Å². The van der Waals surface area contributed by atoms with Crippen LogP contribution in [-0.4, -0.2) is 32.5 Å². The van der Waals surface area contributed by atoms with Crippen molar-refractivity contribution >= 4 is 0 Å². The summed E-state index contributed by atoms with van der Waals surface area (Å²) in [6, 6.07) is 0. The van der Waals surface area contributed by atoms with Crippen LogP contribution in [-0.2, 0) is 0 Å². The van der Waals surface area contributed by atoms with Crippen LogP contribution in [0.2, 0.25) is 0 Å². The van der Waals surface area contributed by atoms with Crippen LogP contribution in [0, 0.1) is 0 Å². The average Bonchev–Trinajstić information content (AvgIpc) is 1.64. The zero-order chi connectivity index (χ0) is 7.49. The first-order valence-electron chi connectivity index (χ1n) is 2.83. The lowest BCUT2D eigenvalue weighted by Gasteiger charge is -2.19. The van der Waals surface area contributed by atoms with Gasteiger partial charge in [0.05, 0.1) is 0 Å². The molecule has 56 valence electrons. The summed E-state index contributed by atoms with van der Waals surface area (Å²) in [5, 5.41) is 33.5. The molecule has 0 rings (SSSR count). The molecule has 0 spiro atoms. The van der Waals surface area contributed by atoms with Crippen molar-refractivity contribution in [3.05, 3.63) is 0 Å². The molecule has 1 atom stereocenters. The third-order valence-electron chi connectivity index (χ3n) is 1.01. The van der Waals surface area contributed by atoms with Crippen molar-refractivity contribution in [2.45, 2.75) is 31.8 Å². The molecule has 0 aliphatic heterocycles. The minimum absolute atomic E-state index is 0.170. The lowest BCUT2D eigenvalue weighted by Crippen LogP contribution is -2.41. The van der Waals surface area contributed by atoms with Crippen molar-refractivity contribution in [2.24, 2.45) is 0 Å². The minimum atomic E-state index is -2.93. The Morgan fingerprint density at radius 3 is 1.89 bits per heavy atom. The number of aliphatic hydroxyl groups is 4. The third-order valence-corrected chi connectivity index (χ3v) is 1.01. The molecule has 1 unspecified atom stereocenters. The number of hydrogen-bond donors (Lipinski definition) is 4.